The number of amides is 1. The van der Waals surface area contributed by atoms with Crippen LogP contribution in [-0.2, 0) is 10.3 Å². The topological polar surface area (TPSA) is 68.0 Å². The van der Waals surface area contributed by atoms with Crippen LogP contribution in [0.3, 0.4) is 0 Å². The lowest BCUT2D eigenvalue weighted by Crippen LogP contribution is -2.51. The Kier molecular flexibility index (Phi) is 7.67. The van der Waals surface area contributed by atoms with Gasteiger partial charge in [0.15, 0.2) is 0 Å². The average Bonchev–Trinajstić information content (AvgIpc) is 2.90. The van der Waals surface area contributed by atoms with Gasteiger partial charge in [0, 0.05) is 23.5 Å². The second-order valence-corrected chi connectivity index (χ2v) is 6.86. The third-order valence-electron chi connectivity index (χ3n) is 4.25. The standard InChI is InChI=1S/C17H21N3OS.2ClH/c1-12-11-22-16(19-12)17(8-5-9-17)20-15(21)10-14(18)13-6-3-2-4-7-13;;/h2-4,6-7,11,14H,5,8-10,18H2,1H3,(H,20,21);2*1H. The van der Waals surface area contributed by atoms with Crippen LogP contribution in [0.25, 0.3) is 0 Å². The van der Waals surface area contributed by atoms with Crippen molar-refractivity contribution in [1.29, 1.82) is 0 Å². The number of hydrogen-bond donors (Lipinski definition) is 2. The molecule has 1 fully saturated rings. The molecule has 24 heavy (non-hydrogen) atoms. The highest BCUT2D eigenvalue weighted by Crippen LogP contribution is 2.42. The fourth-order valence-electron chi connectivity index (χ4n) is 2.83. The molecule has 3 rings (SSSR count). The third-order valence-corrected chi connectivity index (χ3v) is 5.41. The maximum Gasteiger partial charge on any atom is 0.222 e. The van der Waals surface area contributed by atoms with E-state index >= 15 is 0 Å². The van der Waals surface area contributed by atoms with E-state index in [1.54, 1.807) is 11.3 Å². The highest BCUT2D eigenvalue weighted by atomic mass is 35.5. The molecular weight excluding hydrogens is 365 g/mol. The molecule has 1 unspecified atom stereocenters. The maximum absolute atomic E-state index is 12.4. The molecule has 1 aliphatic rings. The van der Waals surface area contributed by atoms with Crippen LogP contribution in [0.15, 0.2) is 35.7 Å². The Hall–Kier alpha value is -1.14. The maximum atomic E-state index is 12.4. The van der Waals surface area contributed by atoms with Gasteiger partial charge in [-0.25, -0.2) is 4.98 Å². The van der Waals surface area contributed by atoms with Crippen LogP contribution in [0.4, 0.5) is 0 Å². The molecule has 1 aromatic heterocycles. The van der Waals surface area contributed by atoms with Gasteiger partial charge < -0.3 is 11.1 Å². The minimum Gasteiger partial charge on any atom is -0.344 e. The van der Waals surface area contributed by atoms with Gasteiger partial charge in [0.25, 0.3) is 0 Å². The molecule has 0 saturated heterocycles. The quantitative estimate of drug-likeness (QED) is 0.817. The lowest BCUT2D eigenvalue weighted by atomic mass is 9.77. The minimum atomic E-state index is -0.267. The van der Waals surface area contributed by atoms with Crippen molar-refractivity contribution in [3.63, 3.8) is 0 Å². The van der Waals surface area contributed by atoms with Crippen LogP contribution < -0.4 is 11.1 Å². The molecule has 1 saturated carbocycles. The van der Waals surface area contributed by atoms with Gasteiger partial charge in [-0.2, -0.15) is 0 Å². The number of rotatable bonds is 5. The largest absolute Gasteiger partial charge is 0.344 e. The van der Waals surface area contributed by atoms with Gasteiger partial charge >= 0.3 is 0 Å². The van der Waals surface area contributed by atoms with Crippen molar-refractivity contribution < 1.29 is 4.79 Å². The average molecular weight is 388 g/mol. The second-order valence-electron chi connectivity index (χ2n) is 6.00. The number of halogens is 2. The molecule has 3 N–H and O–H groups in total. The molecule has 0 aliphatic heterocycles. The molecule has 1 aliphatic carbocycles. The number of thiazole rings is 1. The Labute approximate surface area is 159 Å². The summed E-state index contributed by atoms with van der Waals surface area (Å²) in [6.07, 6.45) is 3.36. The van der Waals surface area contributed by atoms with Gasteiger partial charge in [-0.1, -0.05) is 30.3 Å². The van der Waals surface area contributed by atoms with Crippen molar-refractivity contribution in [3.05, 3.63) is 52.0 Å². The van der Waals surface area contributed by atoms with Crippen LogP contribution in [0, 0.1) is 6.92 Å². The van der Waals surface area contributed by atoms with Crippen molar-refractivity contribution >= 4 is 42.1 Å². The lowest BCUT2D eigenvalue weighted by Gasteiger charge is -2.41. The Bertz CT molecular complexity index is 659. The number of aryl methyl sites for hydroxylation is 1. The minimum absolute atomic E-state index is 0. The first-order valence-corrected chi connectivity index (χ1v) is 8.51. The SMILES string of the molecule is Cc1csc(C2(NC(=O)CC(N)c3ccccc3)CCC2)n1.Cl.Cl. The van der Waals surface area contributed by atoms with Crippen molar-refractivity contribution in [1.82, 2.24) is 10.3 Å². The zero-order chi connectivity index (χ0) is 15.6. The Morgan fingerprint density at radius 1 is 1.33 bits per heavy atom. The van der Waals surface area contributed by atoms with Gasteiger partial charge in [0.1, 0.15) is 5.01 Å². The van der Waals surface area contributed by atoms with Crippen LogP contribution in [0.1, 0.15) is 48.0 Å². The van der Waals surface area contributed by atoms with E-state index in [9.17, 15) is 4.79 Å². The number of nitrogens with one attached hydrogen (secondary N) is 1. The Balaban J connectivity index is 0.00000144. The highest BCUT2D eigenvalue weighted by molar-refractivity contribution is 7.09. The zero-order valence-corrected chi connectivity index (χ0v) is 16.0. The van der Waals surface area contributed by atoms with Gasteiger partial charge in [0.05, 0.1) is 5.54 Å². The molecule has 1 amide bonds. The first kappa shape index (κ1) is 20.9. The van der Waals surface area contributed by atoms with E-state index in [0.29, 0.717) is 6.42 Å². The summed E-state index contributed by atoms with van der Waals surface area (Å²) >= 11 is 1.63. The number of nitrogens with two attached hydrogens (primary N) is 1. The number of carbonyl (C=O) groups is 1. The molecule has 132 valence electrons. The predicted molar refractivity (Wildman–Crippen MR) is 103 cm³/mol. The molecule has 7 heteroatoms. The van der Waals surface area contributed by atoms with E-state index in [2.05, 4.69) is 10.3 Å². The summed E-state index contributed by atoms with van der Waals surface area (Å²) in [5, 5.41) is 6.25. The van der Waals surface area contributed by atoms with E-state index in [4.69, 9.17) is 5.73 Å². The first-order chi connectivity index (χ1) is 10.6. The highest BCUT2D eigenvalue weighted by Gasteiger charge is 2.42. The summed E-state index contributed by atoms with van der Waals surface area (Å²) < 4.78 is 0. The third kappa shape index (κ3) is 4.48. The summed E-state index contributed by atoms with van der Waals surface area (Å²) in [7, 11) is 0. The van der Waals surface area contributed by atoms with Crippen molar-refractivity contribution in [3.8, 4) is 0 Å². The van der Waals surface area contributed by atoms with Crippen molar-refractivity contribution in [2.75, 3.05) is 0 Å². The number of hydrogen-bond acceptors (Lipinski definition) is 4. The molecule has 2 aromatic rings. The smallest absolute Gasteiger partial charge is 0.222 e. The Morgan fingerprint density at radius 3 is 2.50 bits per heavy atom. The van der Waals surface area contributed by atoms with Crippen LogP contribution in [0.2, 0.25) is 0 Å². The zero-order valence-electron chi connectivity index (χ0n) is 13.5. The predicted octanol–water partition coefficient (Wildman–Crippen LogP) is 3.88. The number of carbonyl (C=O) groups excluding carboxylic acids is 1. The van der Waals surface area contributed by atoms with Gasteiger partial charge in [-0.05, 0) is 31.7 Å². The molecule has 1 atom stereocenters. The fraction of sp³-hybridized carbons (Fsp3) is 0.412. The lowest BCUT2D eigenvalue weighted by molar-refractivity contribution is -0.124. The second kappa shape index (κ2) is 8.81. The summed E-state index contributed by atoms with van der Waals surface area (Å²) in [6, 6.07) is 9.49. The summed E-state index contributed by atoms with van der Waals surface area (Å²) in [4.78, 5) is 17.0. The monoisotopic (exact) mass is 387 g/mol. The molecule has 1 aromatic carbocycles. The summed E-state index contributed by atoms with van der Waals surface area (Å²) in [6.45, 7) is 1.99. The van der Waals surface area contributed by atoms with Crippen molar-refractivity contribution in [2.24, 2.45) is 5.73 Å². The molecule has 1 heterocycles. The van der Waals surface area contributed by atoms with E-state index < -0.39 is 0 Å². The van der Waals surface area contributed by atoms with Crippen LogP contribution in [0.5, 0.6) is 0 Å². The van der Waals surface area contributed by atoms with E-state index in [1.807, 2.05) is 42.6 Å². The molecular formula is C17H23Cl2N3OS. The van der Waals surface area contributed by atoms with E-state index in [-0.39, 0.29) is 42.3 Å². The molecule has 0 spiro atoms. The molecule has 0 radical (unpaired) electrons. The molecule has 0 bridgehead atoms. The van der Waals surface area contributed by atoms with Crippen LogP contribution in [-0.4, -0.2) is 10.9 Å². The first-order valence-electron chi connectivity index (χ1n) is 7.63. The fourth-order valence-corrected chi connectivity index (χ4v) is 3.84. The summed E-state index contributed by atoms with van der Waals surface area (Å²) in [5.74, 6) is 0.00362. The Morgan fingerprint density at radius 2 is 2.00 bits per heavy atom. The van der Waals surface area contributed by atoms with Gasteiger partial charge in [-0.3, -0.25) is 4.79 Å². The summed E-state index contributed by atoms with van der Waals surface area (Å²) in [5.41, 5.74) is 7.89. The number of aromatic nitrogens is 1. The van der Waals surface area contributed by atoms with E-state index in [1.165, 1.54) is 0 Å². The normalized spacial score (nSPS) is 16.1. The van der Waals surface area contributed by atoms with E-state index in [0.717, 1.165) is 35.5 Å². The van der Waals surface area contributed by atoms with Crippen molar-refractivity contribution in [2.45, 2.75) is 44.2 Å². The number of benzene rings is 1. The van der Waals surface area contributed by atoms with Gasteiger partial charge in [-0.15, -0.1) is 36.2 Å². The molecule has 4 nitrogen and oxygen atoms in total. The van der Waals surface area contributed by atoms with Crippen LogP contribution >= 0.6 is 36.2 Å². The van der Waals surface area contributed by atoms with Gasteiger partial charge in [0.2, 0.25) is 5.91 Å². The number of nitrogens with zero attached hydrogens (tertiary/aromatic N) is 1.